The second-order valence-electron chi connectivity index (χ2n) is 5.18. The van der Waals surface area contributed by atoms with E-state index < -0.39 is 11.1 Å². The van der Waals surface area contributed by atoms with Gasteiger partial charge in [0.15, 0.2) is 0 Å². The predicted octanol–water partition coefficient (Wildman–Crippen LogP) is 2.19. The topological polar surface area (TPSA) is 40.2 Å². The van der Waals surface area contributed by atoms with Crippen molar-refractivity contribution in [2.45, 2.75) is 58.5 Å². The second-order valence-corrected chi connectivity index (χ2v) is 5.18. The minimum atomic E-state index is -0.547. The quantitative estimate of drug-likeness (QED) is 0.648. The summed E-state index contributed by atoms with van der Waals surface area (Å²) in [5, 5.41) is 13.3. The molecule has 1 rings (SSSR count). The second kappa shape index (κ2) is 3.31. The Hall–Kier alpha value is -0.410. The summed E-state index contributed by atoms with van der Waals surface area (Å²) in [5.41, 5.74) is -1.08. The highest BCUT2D eigenvalue weighted by Gasteiger charge is 2.51. The van der Waals surface area contributed by atoms with Gasteiger partial charge in [-0.1, -0.05) is 13.8 Å². The molecule has 0 spiro atoms. The Bertz CT molecular complexity index is 250. The molecule has 0 aromatic rings. The molecule has 14 heavy (non-hydrogen) atoms. The molecule has 0 bridgehead atoms. The monoisotopic (exact) mass is 198 g/mol. The van der Waals surface area contributed by atoms with Crippen molar-refractivity contribution in [3.8, 4) is 0 Å². The number of carbonyl (C=O) groups excluding carboxylic acids is 1. The first kappa shape index (κ1) is 11.7. The van der Waals surface area contributed by atoms with Crippen molar-refractivity contribution < 1.29 is 10.0 Å². The van der Waals surface area contributed by atoms with Crippen molar-refractivity contribution in [3.63, 3.8) is 0 Å². The van der Waals surface area contributed by atoms with E-state index in [1.165, 1.54) is 0 Å². The molecule has 2 unspecified atom stereocenters. The SMILES string of the molecule is CCC1(C)C(C)C(=O)CC(C)(C)N1[O]. The molecular weight excluding hydrogens is 178 g/mol. The molecule has 1 saturated heterocycles. The molecular formula is C11H20NO2. The molecule has 0 N–H and O–H groups in total. The van der Waals surface area contributed by atoms with E-state index in [9.17, 15) is 10.0 Å². The van der Waals surface area contributed by atoms with Crippen molar-refractivity contribution in [1.29, 1.82) is 0 Å². The molecule has 81 valence electrons. The highest BCUT2D eigenvalue weighted by Crippen LogP contribution is 2.40. The van der Waals surface area contributed by atoms with Crippen LogP contribution in [0.25, 0.3) is 0 Å². The van der Waals surface area contributed by atoms with Gasteiger partial charge >= 0.3 is 0 Å². The van der Waals surface area contributed by atoms with Crippen LogP contribution in [0.15, 0.2) is 0 Å². The van der Waals surface area contributed by atoms with E-state index in [-0.39, 0.29) is 11.7 Å². The fourth-order valence-electron chi connectivity index (χ4n) is 2.32. The number of ketones is 1. The summed E-state index contributed by atoms with van der Waals surface area (Å²) in [7, 11) is 0. The maximum absolute atomic E-state index is 12.1. The van der Waals surface area contributed by atoms with Crippen molar-refractivity contribution in [3.05, 3.63) is 0 Å². The normalized spacial score (nSPS) is 38.7. The van der Waals surface area contributed by atoms with E-state index in [4.69, 9.17) is 0 Å². The lowest BCUT2D eigenvalue weighted by atomic mass is 9.72. The van der Waals surface area contributed by atoms with E-state index in [2.05, 4.69) is 0 Å². The van der Waals surface area contributed by atoms with E-state index in [0.717, 1.165) is 5.06 Å². The molecule has 3 heteroatoms. The number of nitrogens with zero attached hydrogens (tertiary/aromatic N) is 1. The van der Waals surface area contributed by atoms with E-state index in [0.29, 0.717) is 12.8 Å². The smallest absolute Gasteiger partial charge is 0.139 e. The molecule has 1 aliphatic rings. The van der Waals surface area contributed by atoms with E-state index >= 15 is 0 Å². The summed E-state index contributed by atoms with van der Waals surface area (Å²) < 4.78 is 0. The number of carbonyl (C=O) groups is 1. The van der Waals surface area contributed by atoms with Crippen LogP contribution in [0.2, 0.25) is 0 Å². The van der Waals surface area contributed by atoms with Crippen molar-refractivity contribution in [2.24, 2.45) is 5.92 Å². The van der Waals surface area contributed by atoms with Gasteiger partial charge in [0.1, 0.15) is 5.78 Å². The molecule has 0 saturated carbocycles. The van der Waals surface area contributed by atoms with E-state index in [1.54, 1.807) is 0 Å². The Morgan fingerprint density at radius 3 is 2.36 bits per heavy atom. The van der Waals surface area contributed by atoms with Crippen LogP contribution in [0.3, 0.4) is 0 Å². The minimum Gasteiger partial charge on any atom is -0.299 e. The van der Waals surface area contributed by atoms with Gasteiger partial charge in [-0.3, -0.25) is 4.79 Å². The van der Waals surface area contributed by atoms with Crippen molar-refractivity contribution in [2.75, 3.05) is 0 Å². The molecule has 3 nitrogen and oxygen atoms in total. The Morgan fingerprint density at radius 1 is 1.43 bits per heavy atom. The summed E-state index contributed by atoms with van der Waals surface area (Å²) in [6.07, 6.45) is 1.08. The molecule has 1 heterocycles. The van der Waals surface area contributed by atoms with E-state index in [1.807, 2.05) is 34.6 Å². The summed E-state index contributed by atoms with van der Waals surface area (Å²) >= 11 is 0. The fourth-order valence-corrected chi connectivity index (χ4v) is 2.32. The summed E-state index contributed by atoms with van der Waals surface area (Å²) in [6.45, 7) is 9.42. The zero-order chi connectivity index (χ0) is 11.1. The van der Waals surface area contributed by atoms with Gasteiger partial charge in [0.25, 0.3) is 0 Å². The summed E-state index contributed by atoms with van der Waals surface area (Å²) in [4.78, 5) is 11.8. The van der Waals surface area contributed by atoms with Crippen LogP contribution >= 0.6 is 0 Å². The Morgan fingerprint density at radius 2 is 1.93 bits per heavy atom. The zero-order valence-corrected chi connectivity index (χ0v) is 9.76. The Kier molecular flexibility index (Phi) is 2.76. The number of rotatable bonds is 1. The number of Topliss-reactive ketones (excluding diaryl/α,β-unsaturated/α-hetero) is 1. The predicted molar refractivity (Wildman–Crippen MR) is 54.1 cm³/mol. The zero-order valence-electron chi connectivity index (χ0n) is 9.76. The largest absolute Gasteiger partial charge is 0.299 e. The lowest BCUT2D eigenvalue weighted by Gasteiger charge is -2.50. The molecule has 0 amide bonds. The average molecular weight is 198 g/mol. The van der Waals surface area contributed by atoms with Gasteiger partial charge in [-0.25, -0.2) is 0 Å². The molecule has 1 aliphatic heterocycles. The van der Waals surface area contributed by atoms with Gasteiger partial charge < -0.3 is 0 Å². The fraction of sp³-hybridized carbons (Fsp3) is 0.909. The van der Waals surface area contributed by atoms with Gasteiger partial charge in [0.05, 0.1) is 11.1 Å². The number of hydrogen-bond donors (Lipinski definition) is 0. The lowest BCUT2D eigenvalue weighted by molar-refractivity contribution is -0.296. The third kappa shape index (κ3) is 1.48. The number of hydroxylamine groups is 2. The maximum atomic E-state index is 12.1. The van der Waals surface area contributed by atoms with Crippen LogP contribution in [-0.2, 0) is 10.0 Å². The molecule has 2 atom stereocenters. The van der Waals surface area contributed by atoms with Gasteiger partial charge in [0, 0.05) is 12.3 Å². The molecule has 0 aromatic carbocycles. The minimum absolute atomic E-state index is 0.155. The molecule has 1 fully saturated rings. The molecule has 0 aliphatic carbocycles. The first-order chi connectivity index (χ1) is 6.25. The number of hydrogen-bond acceptors (Lipinski definition) is 2. The summed E-state index contributed by atoms with van der Waals surface area (Å²) in [5.74, 6) is 0.0597. The van der Waals surface area contributed by atoms with Crippen LogP contribution < -0.4 is 0 Å². The highest BCUT2D eigenvalue weighted by molar-refractivity contribution is 5.84. The van der Waals surface area contributed by atoms with Crippen molar-refractivity contribution in [1.82, 2.24) is 5.06 Å². The van der Waals surface area contributed by atoms with Crippen LogP contribution in [0.1, 0.15) is 47.5 Å². The molecule has 1 radical (unpaired) electrons. The Labute approximate surface area is 86.1 Å². The average Bonchev–Trinajstić information content (AvgIpc) is 2.11. The summed E-state index contributed by atoms with van der Waals surface area (Å²) in [6, 6.07) is 0. The van der Waals surface area contributed by atoms with Crippen LogP contribution in [0.4, 0.5) is 0 Å². The first-order valence-electron chi connectivity index (χ1n) is 5.26. The van der Waals surface area contributed by atoms with Gasteiger partial charge in [-0.15, -0.1) is 10.3 Å². The van der Waals surface area contributed by atoms with Crippen LogP contribution in [0, 0.1) is 5.92 Å². The first-order valence-corrected chi connectivity index (χ1v) is 5.26. The third-order valence-electron chi connectivity index (χ3n) is 3.75. The number of piperidine rings is 1. The van der Waals surface area contributed by atoms with Crippen molar-refractivity contribution >= 4 is 5.78 Å². The molecule has 0 aromatic heterocycles. The van der Waals surface area contributed by atoms with Crippen LogP contribution in [-0.4, -0.2) is 21.9 Å². The third-order valence-corrected chi connectivity index (χ3v) is 3.75. The van der Waals surface area contributed by atoms with Gasteiger partial charge in [-0.2, -0.15) is 0 Å². The standard InChI is InChI=1S/C11H20NO2/c1-6-11(5)8(2)9(13)7-10(3,4)12(11)14/h8H,6-7H2,1-5H3. The highest BCUT2D eigenvalue weighted by atomic mass is 16.5. The Balaban J connectivity index is 3.08. The van der Waals surface area contributed by atoms with Crippen LogP contribution in [0.5, 0.6) is 0 Å². The lowest BCUT2D eigenvalue weighted by Crippen LogP contribution is -2.63. The maximum Gasteiger partial charge on any atom is 0.139 e. The van der Waals surface area contributed by atoms with Gasteiger partial charge in [0.2, 0.25) is 0 Å². The van der Waals surface area contributed by atoms with Gasteiger partial charge in [-0.05, 0) is 27.2 Å².